The quantitative estimate of drug-likeness (QED) is 0.334. The first kappa shape index (κ1) is 23.8. The normalized spacial score (nSPS) is 25.2. The molecule has 0 aliphatic heterocycles. The van der Waals surface area contributed by atoms with Crippen molar-refractivity contribution in [2.45, 2.75) is 76.6 Å². The van der Waals surface area contributed by atoms with Crippen molar-refractivity contribution in [1.82, 2.24) is 15.5 Å². The van der Waals surface area contributed by atoms with Crippen molar-refractivity contribution in [3.63, 3.8) is 0 Å². The van der Waals surface area contributed by atoms with E-state index >= 15 is 0 Å². The maximum Gasteiger partial charge on any atom is 0.391 e. The van der Waals surface area contributed by atoms with Gasteiger partial charge >= 0.3 is 6.18 Å². The largest absolute Gasteiger partial charge is 0.391 e. The molecule has 2 rings (SSSR count). The summed E-state index contributed by atoms with van der Waals surface area (Å²) in [4.78, 5) is 6.94. The second kappa shape index (κ2) is 11.6. The van der Waals surface area contributed by atoms with E-state index in [1.165, 1.54) is 25.7 Å². The van der Waals surface area contributed by atoms with E-state index in [1.807, 2.05) is 6.92 Å². The summed E-state index contributed by atoms with van der Waals surface area (Å²) in [5.74, 6) is -0.537. The first-order chi connectivity index (χ1) is 11.9. The topological polar surface area (TPSA) is 39.7 Å². The van der Waals surface area contributed by atoms with Gasteiger partial charge in [0, 0.05) is 25.2 Å². The SMILES string of the molecule is CCNC(=NCCN(C)C1CCCC1)NC1CCCC(C(F)(F)F)C1.I. The van der Waals surface area contributed by atoms with Gasteiger partial charge in [0.1, 0.15) is 0 Å². The van der Waals surface area contributed by atoms with Crippen molar-refractivity contribution in [2.75, 3.05) is 26.7 Å². The molecule has 2 unspecified atom stereocenters. The monoisotopic (exact) mass is 490 g/mol. The molecular weight excluding hydrogens is 456 g/mol. The Bertz CT molecular complexity index is 425. The lowest BCUT2D eigenvalue weighted by molar-refractivity contribution is -0.183. The molecule has 0 radical (unpaired) electrons. The minimum atomic E-state index is -4.08. The molecule has 4 nitrogen and oxygen atoms in total. The molecule has 2 aliphatic carbocycles. The molecule has 2 N–H and O–H groups in total. The zero-order valence-electron chi connectivity index (χ0n) is 15.9. The van der Waals surface area contributed by atoms with Gasteiger partial charge in [0.15, 0.2) is 5.96 Å². The van der Waals surface area contributed by atoms with E-state index in [0.717, 1.165) is 13.0 Å². The molecule has 0 aromatic rings. The predicted molar refractivity (Wildman–Crippen MR) is 111 cm³/mol. The molecule has 0 heterocycles. The van der Waals surface area contributed by atoms with Crippen LogP contribution in [0, 0.1) is 5.92 Å². The molecule has 154 valence electrons. The van der Waals surface area contributed by atoms with E-state index in [-0.39, 0.29) is 42.9 Å². The standard InChI is InChI=1S/C18H33F3N4.HI/c1-3-22-17(23-11-12-25(2)16-9-4-5-10-16)24-15-8-6-7-14(13-15)18(19,20)21;/h14-16H,3-13H2,1-2H3,(H2,22,23,24);1H. The van der Waals surface area contributed by atoms with E-state index in [1.54, 1.807) is 0 Å². The van der Waals surface area contributed by atoms with Crippen molar-refractivity contribution >= 4 is 29.9 Å². The highest BCUT2D eigenvalue weighted by Gasteiger charge is 2.42. The van der Waals surface area contributed by atoms with Crippen LogP contribution in [0.3, 0.4) is 0 Å². The maximum absolute atomic E-state index is 13.0. The van der Waals surface area contributed by atoms with Gasteiger partial charge in [-0.3, -0.25) is 4.99 Å². The Kier molecular flexibility index (Phi) is 10.6. The summed E-state index contributed by atoms with van der Waals surface area (Å²) in [6, 6.07) is 0.516. The van der Waals surface area contributed by atoms with Crippen LogP contribution < -0.4 is 10.6 Å². The smallest absolute Gasteiger partial charge is 0.357 e. The van der Waals surface area contributed by atoms with Crippen LogP contribution in [-0.2, 0) is 0 Å². The number of nitrogens with one attached hydrogen (secondary N) is 2. The molecule has 2 aliphatic rings. The molecule has 2 fully saturated rings. The Morgan fingerprint density at radius 2 is 1.81 bits per heavy atom. The fourth-order valence-electron chi connectivity index (χ4n) is 3.98. The van der Waals surface area contributed by atoms with E-state index < -0.39 is 12.1 Å². The van der Waals surface area contributed by atoms with Gasteiger partial charge in [-0.15, -0.1) is 24.0 Å². The molecule has 0 aromatic carbocycles. The van der Waals surface area contributed by atoms with Gasteiger partial charge in [-0.25, -0.2) is 0 Å². The lowest BCUT2D eigenvalue weighted by Crippen LogP contribution is -2.47. The average Bonchev–Trinajstić information content (AvgIpc) is 3.09. The number of likely N-dealkylation sites (N-methyl/N-ethyl adjacent to an activating group) is 1. The van der Waals surface area contributed by atoms with Crippen LogP contribution in [-0.4, -0.2) is 55.8 Å². The minimum absolute atomic E-state index is 0. The van der Waals surface area contributed by atoms with Crippen LogP contribution in [0.2, 0.25) is 0 Å². The highest BCUT2D eigenvalue weighted by Crippen LogP contribution is 2.37. The van der Waals surface area contributed by atoms with Gasteiger partial charge in [-0.1, -0.05) is 19.3 Å². The van der Waals surface area contributed by atoms with Crippen molar-refractivity contribution in [3.05, 3.63) is 0 Å². The summed E-state index contributed by atoms with van der Waals surface area (Å²) in [6.45, 7) is 4.23. The number of nitrogens with zero attached hydrogens (tertiary/aromatic N) is 2. The zero-order chi connectivity index (χ0) is 18.3. The number of alkyl halides is 3. The number of aliphatic imine (C=N–C) groups is 1. The molecule has 0 aromatic heterocycles. The lowest BCUT2D eigenvalue weighted by Gasteiger charge is -2.32. The van der Waals surface area contributed by atoms with Crippen LogP contribution in [0.25, 0.3) is 0 Å². The summed E-state index contributed by atoms with van der Waals surface area (Å²) in [5.41, 5.74) is 0. The highest BCUT2D eigenvalue weighted by molar-refractivity contribution is 14.0. The van der Waals surface area contributed by atoms with E-state index in [9.17, 15) is 13.2 Å². The summed E-state index contributed by atoms with van der Waals surface area (Å²) < 4.78 is 38.9. The fraction of sp³-hybridized carbons (Fsp3) is 0.944. The van der Waals surface area contributed by atoms with Crippen LogP contribution in [0.4, 0.5) is 13.2 Å². The Morgan fingerprint density at radius 1 is 1.12 bits per heavy atom. The second-order valence-corrected chi connectivity index (χ2v) is 7.43. The van der Waals surface area contributed by atoms with Crippen molar-refractivity contribution in [2.24, 2.45) is 10.9 Å². The van der Waals surface area contributed by atoms with Crippen LogP contribution >= 0.6 is 24.0 Å². The average molecular weight is 490 g/mol. The third-order valence-corrected chi connectivity index (χ3v) is 5.49. The number of hydrogen-bond donors (Lipinski definition) is 2. The van der Waals surface area contributed by atoms with Gasteiger partial charge < -0.3 is 15.5 Å². The first-order valence-corrected chi connectivity index (χ1v) is 9.72. The molecule has 0 amide bonds. The molecule has 8 heteroatoms. The van der Waals surface area contributed by atoms with Gasteiger partial charge in [0.25, 0.3) is 0 Å². The minimum Gasteiger partial charge on any atom is -0.357 e. The van der Waals surface area contributed by atoms with Gasteiger partial charge in [-0.05, 0) is 46.1 Å². The van der Waals surface area contributed by atoms with Crippen molar-refractivity contribution in [3.8, 4) is 0 Å². The molecule has 26 heavy (non-hydrogen) atoms. The van der Waals surface area contributed by atoms with Gasteiger partial charge in [0.2, 0.25) is 0 Å². The van der Waals surface area contributed by atoms with Crippen molar-refractivity contribution in [1.29, 1.82) is 0 Å². The maximum atomic E-state index is 13.0. The molecule has 2 saturated carbocycles. The molecule has 2 atom stereocenters. The van der Waals surface area contributed by atoms with E-state index in [2.05, 4.69) is 27.6 Å². The predicted octanol–water partition coefficient (Wildman–Crippen LogP) is 4.16. The summed E-state index contributed by atoms with van der Waals surface area (Å²) in [6.07, 6.45) is 2.86. The van der Waals surface area contributed by atoms with Crippen molar-refractivity contribution < 1.29 is 13.2 Å². The van der Waals surface area contributed by atoms with Gasteiger partial charge in [0.05, 0.1) is 12.5 Å². The summed E-state index contributed by atoms with van der Waals surface area (Å²) in [5, 5.41) is 6.39. The third kappa shape index (κ3) is 7.78. The third-order valence-electron chi connectivity index (χ3n) is 5.49. The number of guanidine groups is 1. The summed E-state index contributed by atoms with van der Waals surface area (Å²) >= 11 is 0. The molecule has 0 spiro atoms. The molecular formula is C18H34F3IN4. The summed E-state index contributed by atoms with van der Waals surface area (Å²) in [7, 11) is 2.14. The second-order valence-electron chi connectivity index (χ2n) is 7.43. The highest BCUT2D eigenvalue weighted by atomic mass is 127. The number of halogens is 4. The Morgan fingerprint density at radius 3 is 2.42 bits per heavy atom. The molecule has 0 bridgehead atoms. The first-order valence-electron chi connectivity index (χ1n) is 9.72. The van der Waals surface area contributed by atoms with Gasteiger partial charge in [-0.2, -0.15) is 13.2 Å². The Hall–Kier alpha value is -0.250. The fourth-order valence-corrected chi connectivity index (χ4v) is 3.98. The zero-order valence-corrected chi connectivity index (χ0v) is 18.3. The number of rotatable bonds is 6. The number of hydrogen-bond acceptors (Lipinski definition) is 2. The molecule has 0 saturated heterocycles. The Balaban J connectivity index is 0.00000338. The van der Waals surface area contributed by atoms with E-state index in [0.29, 0.717) is 31.5 Å². The van der Waals surface area contributed by atoms with Crippen LogP contribution in [0.15, 0.2) is 4.99 Å². The van der Waals surface area contributed by atoms with Crippen LogP contribution in [0.1, 0.15) is 58.3 Å². The Labute approximate surface area is 172 Å². The lowest BCUT2D eigenvalue weighted by atomic mass is 9.85. The van der Waals surface area contributed by atoms with E-state index in [4.69, 9.17) is 0 Å². The van der Waals surface area contributed by atoms with Crippen LogP contribution in [0.5, 0.6) is 0 Å².